The number of nitrogens with two attached hydrogens (primary N) is 1. The van der Waals surface area contributed by atoms with Crippen LogP contribution in [-0.2, 0) is 14.8 Å². The van der Waals surface area contributed by atoms with Gasteiger partial charge in [0.05, 0.1) is 12.4 Å². The summed E-state index contributed by atoms with van der Waals surface area (Å²) in [6, 6.07) is 0. The third-order valence-electron chi connectivity index (χ3n) is 4.47. The molecule has 1 fully saturated rings. The number of ether oxygens (including phenoxy) is 1. The lowest BCUT2D eigenvalue weighted by Gasteiger charge is -2.36. The van der Waals surface area contributed by atoms with Crippen molar-refractivity contribution in [2.45, 2.75) is 77.6 Å². The van der Waals surface area contributed by atoms with Gasteiger partial charge in [-0.2, -0.15) is 0 Å². The zero-order chi connectivity index (χ0) is 15.6. The molecular formula is C16H33NO3S. The van der Waals surface area contributed by atoms with Crippen LogP contribution in [0.25, 0.3) is 0 Å². The summed E-state index contributed by atoms with van der Waals surface area (Å²) in [5.41, 5.74) is -0.228. The Bertz CT molecular complexity index is 362. The first-order valence-electron chi connectivity index (χ1n) is 8.56. The van der Waals surface area contributed by atoms with Gasteiger partial charge >= 0.3 is 0 Å². The molecule has 4 nitrogen and oxygen atoms in total. The number of hydrogen-bond acceptors (Lipinski definition) is 3. The molecule has 0 saturated heterocycles. The van der Waals surface area contributed by atoms with Gasteiger partial charge in [0, 0.05) is 12.0 Å². The van der Waals surface area contributed by atoms with E-state index in [1.165, 1.54) is 38.5 Å². The van der Waals surface area contributed by atoms with Crippen LogP contribution >= 0.6 is 0 Å². The first kappa shape index (κ1) is 18.9. The lowest BCUT2D eigenvalue weighted by Crippen LogP contribution is -2.39. The summed E-state index contributed by atoms with van der Waals surface area (Å²) in [6.45, 7) is 3.52. The van der Waals surface area contributed by atoms with Crippen LogP contribution in [0.4, 0.5) is 0 Å². The average Bonchev–Trinajstić information content (AvgIpc) is 2.41. The molecule has 0 unspecified atom stereocenters. The third-order valence-corrected chi connectivity index (χ3v) is 5.49. The molecule has 2 N–H and O–H groups in total. The Hall–Kier alpha value is -0.130. The van der Waals surface area contributed by atoms with Crippen LogP contribution < -0.4 is 5.14 Å². The van der Waals surface area contributed by atoms with E-state index >= 15 is 0 Å². The summed E-state index contributed by atoms with van der Waals surface area (Å²) in [6.07, 6.45) is 12.7. The summed E-state index contributed by atoms with van der Waals surface area (Å²) in [4.78, 5) is 0. The first-order valence-corrected chi connectivity index (χ1v) is 10.3. The van der Waals surface area contributed by atoms with Gasteiger partial charge < -0.3 is 4.74 Å². The molecule has 0 aromatic heterocycles. The normalized spacial score (nSPS) is 18.8. The second-order valence-corrected chi connectivity index (χ2v) is 8.30. The number of rotatable bonds is 11. The van der Waals surface area contributed by atoms with E-state index in [-0.39, 0.29) is 11.2 Å². The van der Waals surface area contributed by atoms with Crippen molar-refractivity contribution in [3.8, 4) is 0 Å². The Balaban J connectivity index is 2.24. The highest BCUT2D eigenvalue weighted by atomic mass is 32.2. The summed E-state index contributed by atoms with van der Waals surface area (Å²) in [5, 5.41) is 5.27. The summed E-state index contributed by atoms with van der Waals surface area (Å²) in [5.74, 6) is 0.0799. The second kappa shape index (κ2) is 9.80. The Kier molecular flexibility index (Phi) is 8.83. The summed E-state index contributed by atoms with van der Waals surface area (Å²) in [7, 11) is -3.42. The molecule has 0 heterocycles. The molecule has 0 amide bonds. The lowest BCUT2D eigenvalue weighted by atomic mass is 9.76. The Labute approximate surface area is 130 Å². The van der Waals surface area contributed by atoms with Crippen LogP contribution in [-0.4, -0.2) is 27.4 Å². The molecule has 1 aliphatic rings. The fourth-order valence-corrected chi connectivity index (χ4v) is 4.56. The van der Waals surface area contributed by atoms with Crippen molar-refractivity contribution in [3.05, 3.63) is 0 Å². The van der Waals surface area contributed by atoms with E-state index in [0.717, 1.165) is 38.7 Å². The van der Waals surface area contributed by atoms with Crippen molar-refractivity contribution in [2.75, 3.05) is 19.0 Å². The Morgan fingerprint density at radius 3 is 2.24 bits per heavy atom. The first-order chi connectivity index (χ1) is 9.97. The van der Waals surface area contributed by atoms with Crippen LogP contribution in [0, 0.1) is 5.41 Å². The van der Waals surface area contributed by atoms with Gasteiger partial charge in [-0.25, -0.2) is 13.6 Å². The molecule has 0 aromatic rings. The monoisotopic (exact) mass is 319 g/mol. The molecule has 21 heavy (non-hydrogen) atoms. The SMILES string of the molecule is CCCCCCCCOCC1(CS(N)(=O)=O)CCCCC1. The van der Waals surface area contributed by atoms with Gasteiger partial charge in [0.25, 0.3) is 0 Å². The molecule has 0 radical (unpaired) electrons. The maximum atomic E-state index is 11.5. The van der Waals surface area contributed by atoms with Gasteiger partial charge in [-0.3, -0.25) is 0 Å². The maximum absolute atomic E-state index is 11.5. The molecule has 1 saturated carbocycles. The van der Waals surface area contributed by atoms with Crippen LogP contribution in [0.15, 0.2) is 0 Å². The molecule has 0 bridgehead atoms. The highest BCUT2D eigenvalue weighted by Gasteiger charge is 2.35. The van der Waals surface area contributed by atoms with Gasteiger partial charge in [-0.05, 0) is 19.3 Å². The van der Waals surface area contributed by atoms with Crippen LogP contribution in [0.1, 0.15) is 77.6 Å². The number of hydrogen-bond donors (Lipinski definition) is 1. The van der Waals surface area contributed by atoms with Crippen molar-refractivity contribution in [3.63, 3.8) is 0 Å². The summed E-state index contributed by atoms with van der Waals surface area (Å²) < 4.78 is 28.7. The number of sulfonamides is 1. The van der Waals surface area contributed by atoms with E-state index < -0.39 is 10.0 Å². The smallest absolute Gasteiger partial charge is 0.209 e. The largest absolute Gasteiger partial charge is 0.381 e. The van der Waals surface area contributed by atoms with Gasteiger partial charge in [-0.15, -0.1) is 0 Å². The van der Waals surface area contributed by atoms with E-state index in [0.29, 0.717) is 6.61 Å². The molecule has 0 atom stereocenters. The van der Waals surface area contributed by atoms with Crippen molar-refractivity contribution >= 4 is 10.0 Å². The van der Waals surface area contributed by atoms with Gasteiger partial charge in [0.1, 0.15) is 0 Å². The van der Waals surface area contributed by atoms with Crippen molar-refractivity contribution < 1.29 is 13.2 Å². The molecule has 1 rings (SSSR count). The van der Waals surface area contributed by atoms with Crippen molar-refractivity contribution in [2.24, 2.45) is 10.6 Å². The molecule has 0 aliphatic heterocycles. The predicted molar refractivity (Wildman–Crippen MR) is 87.7 cm³/mol. The Morgan fingerprint density at radius 2 is 1.62 bits per heavy atom. The molecule has 0 spiro atoms. The standard InChI is InChI=1S/C16H33NO3S/c1-2-3-4-5-6-10-13-20-14-16(15-21(17,18)19)11-8-7-9-12-16/h2-15H2,1H3,(H2,17,18,19). The second-order valence-electron chi connectivity index (χ2n) is 6.69. The van der Waals surface area contributed by atoms with Gasteiger partial charge in [-0.1, -0.05) is 58.3 Å². The lowest BCUT2D eigenvalue weighted by molar-refractivity contribution is 0.0314. The number of primary sulfonamides is 1. The minimum Gasteiger partial charge on any atom is -0.381 e. The van der Waals surface area contributed by atoms with Gasteiger partial charge in [0.15, 0.2) is 0 Å². The zero-order valence-electron chi connectivity index (χ0n) is 13.6. The maximum Gasteiger partial charge on any atom is 0.209 e. The highest BCUT2D eigenvalue weighted by Crippen LogP contribution is 2.37. The fraction of sp³-hybridized carbons (Fsp3) is 1.00. The van der Waals surface area contributed by atoms with E-state index in [1.54, 1.807) is 0 Å². The molecule has 126 valence electrons. The fourth-order valence-electron chi connectivity index (χ4n) is 3.33. The van der Waals surface area contributed by atoms with Gasteiger partial charge in [0.2, 0.25) is 10.0 Å². The number of unbranched alkanes of at least 4 members (excludes halogenated alkanes) is 5. The van der Waals surface area contributed by atoms with E-state index in [2.05, 4.69) is 6.92 Å². The van der Waals surface area contributed by atoms with Crippen LogP contribution in [0.5, 0.6) is 0 Å². The van der Waals surface area contributed by atoms with Crippen molar-refractivity contribution in [1.29, 1.82) is 0 Å². The zero-order valence-corrected chi connectivity index (χ0v) is 14.4. The molecule has 5 heteroatoms. The Morgan fingerprint density at radius 1 is 1.00 bits per heavy atom. The van der Waals surface area contributed by atoms with E-state index in [4.69, 9.17) is 9.88 Å². The highest BCUT2D eigenvalue weighted by molar-refractivity contribution is 7.89. The average molecular weight is 320 g/mol. The molecular weight excluding hydrogens is 286 g/mol. The minimum atomic E-state index is -3.42. The summed E-state index contributed by atoms with van der Waals surface area (Å²) >= 11 is 0. The van der Waals surface area contributed by atoms with Crippen LogP contribution in [0.2, 0.25) is 0 Å². The predicted octanol–water partition coefficient (Wildman–Crippen LogP) is 3.60. The van der Waals surface area contributed by atoms with E-state index in [9.17, 15) is 8.42 Å². The van der Waals surface area contributed by atoms with Crippen molar-refractivity contribution in [1.82, 2.24) is 0 Å². The van der Waals surface area contributed by atoms with E-state index in [1.807, 2.05) is 0 Å². The molecule has 1 aliphatic carbocycles. The quantitative estimate of drug-likeness (QED) is 0.592. The topological polar surface area (TPSA) is 69.4 Å². The third kappa shape index (κ3) is 8.79. The van der Waals surface area contributed by atoms with Crippen LogP contribution in [0.3, 0.4) is 0 Å². The minimum absolute atomic E-state index is 0.0799. The molecule has 0 aromatic carbocycles.